The lowest BCUT2D eigenvalue weighted by molar-refractivity contribution is -0.248. The van der Waals surface area contributed by atoms with E-state index in [0.717, 1.165) is 25.7 Å². The summed E-state index contributed by atoms with van der Waals surface area (Å²) in [5.74, 6) is 0.308. The van der Waals surface area contributed by atoms with Gasteiger partial charge in [0, 0.05) is 11.3 Å². The summed E-state index contributed by atoms with van der Waals surface area (Å²) in [4.78, 5) is 0. The minimum absolute atomic E-state index is 0.0412. The van der Waals surface area contributed by atoms with Crippen LogP contribution in [0.2, 0.25) is 0 Å². The summed E-state index contributed by atoms with van der Waals surface area (Å²) in [7, 11) is 0. The molecule has 0 aromatic heterocycles. The monoisotopic (exact) mass is 354 g/mol. The molecule has 4 fully saturated rings. The van der Waals surface area contributed by atoms with Crippen molar-refractivity contribution < 1.29 is 25.5 Å². The van der Waals surface area contributed by atoms with Crippen molar-refractivity contribution in [2.75, 3.05) is 13.2 Å². The van der Waals surface area contributed by atoms with Gasteiger partial charge >= 0.3 is 0 Å². The maximum absolute atomic E-state index is 11.1. The second kappa shape index (κ2) is 5.41. The van der Waals surface area contributed by atoms with Crippen LogP contribution in [0.15, 0.2) is 0 Å². The van der Waals surface area contributed by atoms with Gasteiger partial charge in [-0.1, -0.05) is 13.8 Å². The first-order valence-corrected chi connectivity index (χ1v) is 9.97. The van der Waals surface area contributed by atoms with E-state index < -0.39 is 23.2 Å². The summed E-state index contributed by atoms with van der Waals surface area (Å²) < 4.78 is 0. The molecule has 0 aromatic carbocycles. The van der Waals surface area contributed by atoms with Crippen molar-refractivity contribution in [1.29, 1.82) is 0 Å². The molecule has 0 unspecified atom stereocenters. The predicted octanol–water partition coefficient (Wildman–Crippen LogP) is 1.06. The van der Waals surface area contributed by atoms with Gasteiger partial charge in [0.15, 0.2) is 0 Å². The third kappa shape index (κ3) is 2.02. The van der Waals surface area contributed by atoms with Crippen LogP contribution >= 0.6 is 0 Å². The molecular weight excluding hydrogens is 320 g/mol. The van der Waals surface area contributed by atoms with Gasteiger partial charge in [0.2, 0.25) is 0 Å². The summed E-state index contributed by atoms with van der Waals surface area (Å²) >= 11 is 0. The highest BCUT2D eigenvalue weighted by molar-refractivity contribution is 5.21. The summed E-state index contributed by atoms with van der Waals surface area (Å²) in [6.45, 7) is 3.89. The average molecular weight is 354 g/mol. The highest BCUT2D eigenvalue weighted by Gasteiger charge is 2.72. The lowest BCUT2D eigenvalue weighted by atomic mass is 9.38. The summed E-state index contributed by atoms with van der Waals surface area (Å²) in [6, 6.07) is 0. The lowest BCUT2D eigenvalue weighted by Crippen LogP contribution is -2.66. The molecule has 5 nitrogen and oxygen atoms in total. The molecule has 1 spiro atoms. The number of aliphatic hydroxyl groups excluding tert-OH is 4. The fourth-order valence-electron chi connectivity index (χ4n) is 8.04. The van der Waals surface area contributed by atoms with Crippen molar-refractivity contribution in [3.05, 3.63) is 0 Å². The largest absolute Gasteiger partial charge is 0.396 e. The molecule has 0 amide bonds. The molecule has 4 aliphatic carbocycles. The van der Waals surface area contributed by atoms with E-state index in [1.54, 1.807) is 0 Å². The van der Waals surface area contributed by atoms with E-state index in [-0.39, 0.29) is 35.9 Å². The van der Waals surface area contributed by atoms with Crippen LogP contribution in [-0.4, -0.2) is 56.6 Å². The molecular formula is C20H34O5. The molecule has 0 heterocycles. The quantitative estimate of drug-likeness (QED) is 0.510. The molecule has 5 heteroatoms. The van der Waals surface area contributed by atoms with Crippen molar-refractivity contribution in [2.24, 2.45) is 34.0 Å². The molecule has 5 N–H and O–H groups in total. The molecule has 4 saturated carbocycles. The molecule has 25 heavy (non-hydrogen) atoms. The Labute approximate surface area is 150 Å². The molecule has 0 aromatic rings. The fourth-order valence-corrected chi connectivity index (χ4v) is 8.04. The number of aliphatic hydroxyl groups is 5. The van der Waals surface area contributed by atoms with Crippen LogP contribution in [0.3, 0.4) is 0 Å². The molecule has 2 bridgehead atoms. The van der Waals surface area contributed by atoms with E-state index in [9.17, 15) is 25.5 Å². The normalized spacial score (nSPS) is 60.8. The van der Waals surface area contributed by atoms with Gasteiger partial charge in [0.25, 0.3) is 0 Å². The van der Waals surface area contributed by atoms with E-state index in [1.807, 2.05) is 6.92 Å². The first kappa shape index (κ1) is 18.2. The van der Waals surface area contributed by atoms with E-state index in [1.165, 1.54) is 0 Å². The molecule has 0 saturated heterocycles. The predicted molar refractivity (Wildman–Crippen MR) is 92.6 cm³/mol. The van der Waals surface area contributed by atoms with E-state index in [4.69, 9.17) is 0 Å². The topological polar surface area (TPSA) is 101 Å². The molecule has 0 radical (unpaired) electrons. The maximum atomic E-state index is 11.1. The Kier molecular flexibility index (Phi) is 3.94. The van der Waals surface area contributed by atoms with E-state index >= 15 is 0 Å². The average Bonchev–Trinajstić information content (AvgIpc) is 2.92. The van der Waals surface area contributed by atoms with E-state index in [0.29, 0.717) is 25.2 Å². The summed E-state index contributed by atoms with van der Waals surface area (Å²) in [5.41, 5.74) is -1.78. The van der Waals surface area contributed by atoms with Crippen molar-refractivity contribution in [1.82, 2.24) is 0 Å². The van der Waals surface area contributed by atoms with Gasteiger partial charge in [-0.05, 0) is 67.6 Å². The van der Waals surface area contributed by atoms with Gasteiger partial charge in [-0.25, -0.2) is 0 Å². The maximum Gasteiger partial charge on any atom is 0.0905 e. The Morgan fingerprint density at radius 3 is 2.28 bits per heavy atom. The fraction of sp³-hybridized carbons (Fsp3) is 1.00. The zero-order chi connectivity index (χ0) is 18.3. The highest BCUT2D eigenvalue weighted by atomic mass is 16.3. The molecule has 4 aliphatic rings. The standard InChI is InChI=1S/C20H34O5/c1-17(10-21)15(24)3-4-18(2)16(17)14(23)8-12-7-13-9-19(12,18)5-6-20(13,25)11-22/h12-16,21-25H,3-11H2,1-2H3/t12-,13-,14-,15-,16-,17-,18+,19+,20+/m1/s1. The van der Waals surface area contributed by atoms with Crippen LogP contribution < -0.4 is 0 Å². The SMILES string of the molecule is C[C@@]1(CO)[C@H](O)CC[C@@]2(C)[C@@H]1[C@H](O)C[C@H]1C[C@@H]3C[C@@]12CC[C@]3(O)CO. The van der Waals surface area contributed by atoms with Gasteiger partial charge < -0.3 is 25.5 Å². The first-order valence-electron chi connectivity index (χ1n) is 9.97. The Hall–Kier alpha value is -0.200. The number of fused-ring (bicyclic) bond motifs is 2. The smallest absolute Gasteiger partial charge is 0.0905 e. The highest BCUT2D eigenvalue weighted by Crippen LogP contribution is 2.75. The van der Waals surface area contributed by atoms with Crippen LogP contribution in [0.25, 0.3) is 0 Å². The van der Waals surface area contributed by atoms with Gasteiger partial charge in [0.05, 0.1) is 31.0 Å². The number of hydrogen-bond donors (Lipinski definition) is 5. The first-order chi connectivity index (χ1) is 11.7. The number of rotatable bonds is 2. The van der Waals surface area contributed by atoms with Crippen molar-refractivity contribution >= 4 is 0 Å². The Morgan fingerprint density at radius 1 is 0.920 bits per heavy atom. The minimum atomic E-state index is -0.978. The third-order valence-electron chi connectivity index (χ3n) is 9.48. The molecule has 0 aliphatic heterocycles. The van der Waals surface area contributed by atoms with Crippen LogP contribution in [0.4, 0.5) is 0 Å². The zero-order valence-corrected chi connectivity index (χ0v) is 15.5. The van der Waals surface area contributed by atoms with Gasteiger partial charge in [-0.15, -0.1) is 0 Å². The Bertz CT molecular complexity index is 554. The van der Waals surface area contributed by atoms with Gasteiger partial charge in [-0.3, -0.25) is 0 Å². The second-order valence-electron chi connectivity index (χ2n) is 10.2. The molecule has 4 rings (SSSR count). The van der Waals surface area contributed by atoms with E-state index in [2.05, 4.69) is 6.92 Å². The molecule has 144 valence electrons. The minimum Gasteiger partial charge on any atom is -0.396 e. The van der Waals surface area contributed by atoms with Crippen LogP contribution in [0, 0.1) is 34.0 Å². The second-order valence-corrected chi connectivity index (χ2v) is 10.2. The molecule has 9 atom stereocenters. The summed E-state index contributed by atoms with van der Waals surface area (Å²) in [6.07, 6.45) is 4.31. The Morgan fingerprint density at radius 2 is 1.64 bits per heavy atom. The van der Waals surface area contributed by atoms with Crippen molar-refractivity contribution in [3.63, 3.8) is 0 Å². The Balaban J connectivity index is 1.79. The van der Waals surface area contributed by atoms with Crippen LogP contribution in [0.1, 0.15) is 58.8 Å². The number of hydrogen-bond acceptors (Lipinski definition) is 5. The van der Waals surface area contributed by atoms with Gasteiger partial charge in [-0.2, -0.15) is 0 Å². The third-order valence-corrected chi connectivity index (χ3v) is 9.48. The zero-order valence-electron chi connectivity index (χ0n) is 15.5. The summed E-state index contributed by atoms with van der Waals surface area (Å²) in [5, 5.41) is 52.4. The van der Waals surface area contributed by atoms with Crippen LogP contribution in [-0.2, 0) is 0 Å². The van der Waals surface area contributed by atoms with Crippen molar-refractivity contribution in [2.45, 2.75) is 76.6 Å². The lowest BCUT2D eigenvalue weighted by Gasteiger charge is -2.67. The van der Waals surface area contributed by atoms with Crippen molar-refractivity contribution in [3.8, 4) is 0 Å². The van der Waals surface area contributed by atoms with Crippen LogP contribution in [0.5, 0.6) is 0 Å². The van der Waals surface area contributed by atoms with Gasteiger partial charge in [0.1, 0.15) is 0 Å².